The lowest BCUT2D eigenvalue weighted by Gasteiger charge is -2.26. The minimum Gasteiger partial charge on any atom is -0.497 e. The van der Waals surface area contributed by atoms with Crippen molar-refractivity contribution in [2.45, 2.75) is 19.9 Å². The third-order valence-electron chi connectivity index (χ3n) is 8.09. The zero-order valence-electron chi connectivity index (χ0n) is 27.5. The number of amides is 1. The molecule has 1 atom stereocenters. The van der Waals surface area contributed by atoms with Gasteiger partial charge in [-0.2, -0.15) is 0 Å². The van der Waals surface area contributed by atoms with Gasteiger partial charge in [-0.1, -0.05) is 59.9 Å². The van der Waals surface area contributed by atoms with Gasteiger partial charge in [0.25, 0.3) is 11.5 Å². The molecular formula is C37H37N3O8S. The van der Waals surface area contributed by atoms with Crippen LogP contribution < -0.4 is 29.1 Å². The molecule has 0 spiro atoms. The number of rotatable bonds is 11. The molecule has 11 nitrogen and oxygen atoms in total. The van der Waals surface area contributed by atoms with Crippen molar-refractivity contribution >= 4 is 35.0 Å². The number of thiazole rings is 1. The van der Waals surface area contributed by atoms with E-state index in [0.717, 1.165) is 5.56 Å². The lowest BCUT2D eigenvalue weighted by atomic mass is 9.93. The molecule has 0 saturated carbocycles. The molecule has 2 aliphatic rings. The molecule has 1 saturated heterocycles. The van der Waals surface area contributed by atoms with Gasteiger partial charge in [-0.3, -0.25) is 14.2 Å². The van der Waals surface area contributed by atoms with Crippen LogP contribution in [0.1, 0.15) is 36.6 Å². The fourth-order valence-corrected chi connectivity index (χ4v) is 6.74. The van der Waals surface area contributed by atoms with E-state index in [1.54, 1.807) is 59.9 Å². The number of fused-ring (bicyclic) bond motifs is 1. The van der Waals surface area contributed by atoms with Crippen LogP contribution in [0.4, 0.5) is 0 Å². The molecule has 0 bridgehead atoms. The Hall–Kier alpha value is -5.20. The molecule has 1 amide bonds. The zero-order valence-corrected chi connectivity index (χ0v) is 28.4. The van der Waals surface area contributed by atoms with Gasteiger partial charge in [0.15, 0.2) is 22.9 Å². The van der Waals surface area contributed by atoms with Crippen LogP contribution in [0.5, 0.6) is 17.2 Å². The number of morpholine rings is 1. The van der Waals surface area contributed by atoms with E-state index in [9.17, 15) is 14.4 Å². The SMILES string of the molecule is CCOC(=O)C1=C(c2ccccc2)N=c2s/c(=C/c3ccc(OCC(=O)N4CCOCC4)c(OCC)c3)c(=O)n2[C@H]1c1ccc(OC)cc1. The average molecular weight is 684 g/mol. The quantitative estimate of drug-likeness (QED) is 0.220. The van der Waals surface area contributed by atoms with E-state index in [1.807, 2.05) is 49.4 Å². The molecule has 0 N–H and O–H groups in total. The van der Waals surface area contributed by atoms with E-state index in [0.29, 0.717) is 76.3 Å². The maximum atomic E-state index is 14.3. The summed E-state index contributed by atoms with van der Waals surface area (Å²) in [7, 11) is 1.58. The molecule has 6 rings (SSSR count). The van der Waals surface area contributed by atoms with Crippen LogP contribution in [0.3, 0.4) is 0 Å². The van der Waals surface area contributed by atoms with Crippen molar-refractivity contribution in [2.75, 3.05) is 53.2 Å². The van der Waals surface area contributed by atoms with Gasteiger partial charge >= 0.3 is 5.97 Å². The Labute approximate surface area is 287 Å². The molecule has 0 aliphatic carbocycles. The summed E-state index contributed by atoms with van der Waals surface area (Å²) in [6.07, 6.45) is 1.76. The number of benzene rings is 3. The summed E-state index contributed by atoms with van der Waals surface area (Å²) in [5, 5.41) is 0. The number of hydrogen-bond acceptors (Lipinski definition) is 10. The van der Waals surface area contributed by atoms with Crippen molar-refractivity contribution in [2.24, 2.45) is 4.99 Å². The molecule has 254 valence electrons. The molecular weight excluding hydrogens is 646 g/mol. The first-order chi connectivity index (χ1) is 23.9. The molecule has 0 radical (unpaired) electrons. The number of aromatic nitrogens is 1. The van der Waals surface area contributed by atoms with Crippen LogP contribution in [-0.2, 0) is 19.1 Å². The highest BCUT2D eigenvalue weighted by atomic mass is 32.1. The second kappa shape index (κ2) is 15.3. The third kappa shape index (κ3) is 7.30. The predicted octanol–water partition coefficient (Wildman–Crippen LogP) is 3.58. The molecule has 1 fully saturated rings. The van der Waals surface area contributed by atoms with Crippen molar-refractivity contribution in [1.29, 1.82) is 0 Å². The Balaban J connectivity index is 1.43. The number of esters is 1. The summed E-state index contributed by atoms with van der Waals surface area (Å²) in [4.78, 5) is 47.7. The van der Waals surface area contributed by atoms with Gasteiger partial charge in [0.1, 0.15) is 5.75 Å². The summed E-state index contributed by atoms with van der Waals surface area (Å²) >= 11 is 1.23. The second-order valence-corrected chi connectivity index (χ2v) is 12.1. The fraction of sp³-hybridized carbons (Fsp3) is 0.297. The van der Waals surface area contributed by atoms with Crippen molar-refractivity contribution in [3.05, 3.63) is 115 Å². The van der Waals surface area contributed by atoms with E-state index < -0.39 is 12.0 Å². The Morgan fingerprint density at radius 2 is 1.71 bits per heavy atom. The lowest BCUT2D eigenvalue weighted by Crippen LogP contribution is -2.43. The van der Waals surface area contributed by atoms with Gasteiger partial charge < -0.3 is 28.6 Å². The average Bonchev–Trinajstić information content (AvgIpc) is 3.45. The van der Waals surface area contributed by atoms with Crippen LogP contribution in [0, 0.1) is 0 Å². The number of hydrogen-bond donors (Lipinski definition) is 0. The maximum Gasteiger partial charge on any atom is 0.338 e. The molecule has 4 aromatic rings. The largest absolute Gasteiger partial charge is 0.497 e. The number of nitrogens with zero attached hydrogens (tertiary/aromatic N) is 3. The van der Waals surface area contributed by atoms with Gasteiger partial charge in [0.2, 0.25) is 0 Å². The topological polar surface area (TPSA) is 118 Å². The maximum absolute atomic E-state index is 14.3. The van der Waals surface area contributed by atoms with Gasteiger partial charge in [-0.25, -0.2) is 9.79 Å². The van der Waals surface area contributed by atoms with Crippen LogP contribution >= 0.6 is 11.3 Å². The number of carbonyl (C=O) groups is 2. The van der Waals surface area contributed by atoms with Gasteiger partial charge in [0.05, 0.1) is 55.4 Å². The summed E-state index contributed by atoms with van der Waals surface area (Å²) < 4.78 is 30.0. The molecule has 2 aliphatic heterocycles. The molecule has 3 heterocycles. The number of methoxy groups -OCH3 is 1. The van der Waals surface area contributed by atoms with E-state index in [-0.39, 0.29) is 30.3 Å². The summed E-state index contributed by atoms with van der Waals surface area (Å²) in [6.45, 7) is 6.09. The van der Waals surface area contributed by atoms with Crippen molar-refractivity contribution in [1.82, 2.24) is 9.47 Å². The third-order valence-corrected chi connectivity index (χ3v) is 9.07. The van der Waals surface area contributed by atoms with Crippen LogP contribution in [-0.4, -0.2) is 74.6 Å². The minimum absolute atomic E-state index is 0.126. The van der Waals surface area contributed by atoms with E-state index in [1.165, 1.54) is 11.3 Å². The highest BCUT2D eigenvalue weighted by Crippen LogP contribution is 2.36. The standard InChI is InChI=1S/C37H37N3O8S/c1-4-46-29-21-24(11-16-28(29)48-23-31(41)39-17-19-45-20-18-39)22-30-35(42)40-34(26-12-14-27(44-3)15-13-26)32(36(43)47-5-2)33(38-37(40)49-30)25-9-7-6-8-10-25/h6-16,21-22,34H,4-5,17-20,23H2,1-3H3/b30-22+/t34-/m0/s1. The molecule has 3 aromatic carbocycles. The predicted molar refractivity (Wildman–Crippen MR) is 185 cm³/mol. The molecule has 1 aromatic heterocycles. The lowest BCUT2D eigenvalue weighted by molar-refractivity contribution is -0.139. The monoisotopic (exact) mass is 683 g/mol. The first kappa shape index (κ1) is 33.7. The van der Waals surface area contributed by atoms with Gasteiger partial charge in [0, 0.05) is 18.7 Å². The summed E-state index contributed by atoms with van der Waals surface area (Å²) in [5.74, 6) is 0.840. The Bertz CT molecular complexity index is 2030. The Morgan fingerprint density at radius 3 is 2.41 bits per heavy atom. The molecule has 12 heteroatoms. The molecule has 0 unspecified atom stereocenters. The number of carbonyl (C=O) groups excluding carboxylic acids is 2. The van der Waals surface area contributed by atoms with Crippen molar-refractivity contribution < 1.29 is 33.3 Å². The van der Waals surface area contributed by atoms with E-state index in [4.69, 9.17) is 28.7 Å². The van der Waals surface area contributed by atoms with Crippen LogP contribution in [0.15, 0.2) is 88.2 Å². The summed E-state index contributed by atoms with van der Waals surface area (Å²) in [6, 6.07) is 21.2. The van der Waals surface area contributed by atoms with Gasteiger partial charge in [-0.15, -0.1) is 0 Å². The number of ether oxygens (including phenoxy) is 5. The van der Waals surface area contributed by atoms with Crippen molar-refractivity contribution in [3.63, 3.8) is 0 Å². The normalized spacial score (nSPS) is 16.1. The second-order valence-electron chi connectivity index (χ2n) is 11.1. The first-order valence-corrected chi connectivity index (χ1v) is 16.9. The fourth-order valence-electron chi connectivity index (χ4n) is 5.74. The Kier molecular flexibility index (Phi) is 10.6. The summed E-state index contributed by atoms with van der Waals surface area (Å²) in [5.41, 5.74) is 2.52. The molecule has 49 heavy (non-hydrogen) atoms. The Morgan fingerprint density at radius 1 is 0.959 bits per heavy atom. The minimum atomic E-state index is -0.808. The van der Waals surface area contributed by atoms with E-state index in [2.05, 4.69) is 0 Å². The van der Waals surface area contributed by atoms with Crippen molar-refractivity contribution in [3.8, 4) is 17.2 Å². The van der Waals surface area contributed by atoms with E-state index >= 15 is 0 Å². The van der Waals surface area contributed by atoms with Crippen LogP contribution in [0.25, 0.3) is 11.8 Å². The van der Waals surface area contributed by atoms with Gasteiger partial charge in [-0.05, 0) is 55.3 Å². The highest BCUT2D eigenvalue weighted by molar-refractivity contribution is 7.07. The van der Waals surface area contributed by atoms with Crippen LogP contribution in [0.2, 0.25) is 0 Å². The zero-order chi connectivity index (χ0) is 34.3. The first-order valence-electron chi connectivity index (χ1n) is 16.1. The highest BCUT2D eigenvalue weighted by Gasteiger charge is 2.35. The smallest absolute Gasteiger partial charge is 0.338 e.